The van der Waals surface area contributed by atoms with Crippen LogP contribution >= 0.6 is 0 Å². The van der Waals surface area contributed by atoms with E-state index < -0.39 is 0 Å². The first-order valence-corrected chi connectivity index (χ1v) is 12.4. The Hall–Kier alpha value is -0.300. The molecule has 6 atom stereocenters. The lowest BCUT2D eigenvalue weighted by Crippen LogP contribution is -2.52. The van der Waals surface area contributed by atoms with E-state index in [1.54, 1.807) is 0 Å². The van der Waals surface area contributed by atoms with Crippen molar-refractivity contribution in [1.29, 1.82) is 0 Å². The van der Waals surface area contributed by atoms with Crippen LogP contribution in [-0.2, 0) is 0 Å². The van der Waals surface area contributed by atoms with Gasteiger partial charge in [0.1, 0.15) is 0 Å². The third-order valence-electron chi connectivity index (χ3n) is 9.66. The van der Waals surface area contributed by atoms with Crippen LogP contribution in [0.3, 0.4) is 0 Å². The summed E-state index contributed by atoms with van der Waals surface area (Å²) in [5.41, 5.74) is 4.43. The molecule has 3 fully saturated rings. The Kier molecular flexibility index (Phi) is 5.81. The fourth-order valence-electron chi connectivity index (χ4n) is 7.52. The monoisotopic (exact) mass is 371 g/mol. The molecule has 27 heavy (non-hydrogen) atoms. The van der Waals surface area contributed by atoms with E-state index in [-0.39, 0.29) is 0 Å². The van der Waals surface area contributed by atoms with Crippen molar-refractivity contribution in [2.45, 2.75) is 117 Å². The summed E-state index contributed by atoms with van der Waals surface area (Å²) >= 11 is 0. The van der Waals surface area contributed by atoms with Crippen LogP contribution in [0.25, 0.3) is 0 Å². The largest absolute Gasteiger partial charge is 0.294 e. The van der Waals surface area contributed by atoms with Gasteiger partial charge in [0.2, 0.25) is 0 Å². The van der Waals surface area contributed by atoms with E-state index in [1.807, 2.05) is 11.1 Å². The molecule has 0 spiro atoms. The second kappa shape index (κ2) is 7.85. The van der Waals surface area contributed by atoms with E-state index in [0.29, 0.717) is 5.41 Å². The zero-order valence-electron chi connectivity index (χ0n) is 18.9. The first-order chi connectivity index (χ1) is 12.9. The number of fused-ring (bicyclic) bond motifs is 4. The highest BCUT2D eigenvalue weighted by Crippen LogP contribution is 2.59. The molecule has 0 aromatic heterocycles. The standard InChI is InChI=1S/C26H45N/c1-18(2)19(3)9-10-20(4)23-13-14-24-22-12-11-21-8-6-7-17-27(21)25(22)15-16-26(23,24)5/h18-21,23,25H,6-17H2,1-5H3/t19?,20-,21?,23?,25?,26?/m1/s1. The molecule has 4 aliphatic rings. The van der Waals surface area contributed by atoms with Crippen molar-refractivity contribution in [3.63, 3.8) is 0 Å². The number of rotatable bonds is 5. The van der Waals surface area contributed by atoms with Gasteiger partial charge in [0.15, 0.2) is 0 Å². The number of piperidine rings is 2. The van der Waals surface area contributed by atoms with E-state index in [1.165, 1.54) is 77.2 Å². The van der Waals surface area contributed by atoms with Gasteiger partial charge in [-0.15, -0.1) is 0 Å². The average molecular weight is 372 g/mol. The smallest absolute Gasteiger partial charge is 0.0313 e. The highest BCUT2D eigenvalue weighted by atomic mass is 15.2. The van der Waals surface area contributed by atoms with E-state index in [9.17, 15) is 0 Å². The molecule has 2 aliphatic carbocycles. The fraction of sp³-hybridized carbons (Fsp3) is 0.923. The van der Waals surface area contributed by atoms with Crippen LogP contribution < -0.4 is 0 Å². The summed E-state index contributed by atoms with van der Waals surface area (Å²) in [6.07, 6.45) is 16.0. The second-order valence-electron chi connectivity index (χ2n) is 11.3. The summed E-state index contributed by atoms with van der Waals surface area (Å²) in [7, 11) is 0. The molecule has 0 aromatic rings. The molecule has 2 heterocycles. The van der Waals surface area contributed by atoms with Crippen molar-refractivity contribution in [3.8, 4) is 0 Å². The average Bonchev–Trinajstić information content (AvgIpc) is 3.02. The molecule has 2 aliphatic heterocycles. The Morgan fingerprint density at radius 1 is 0.963 bits per heavy atom. The van der Waals surface area contributed by atoms with E-state index >= 15 is 0 Å². The minimum Gasteiger partial charge on any atom is -0.294 e. The Morgan fingerprint density at radius 3 is 2.56 bits per heavy atom. The molecule has 1 nitrogen and oxygen atoms in total. The lowest BCUT2D eigenvalue weighted by atomic mass is 9.62. The van der Waals surface area contributed by atoms with Crippen molar-refractivity contribution < 1.29 is 0 Å². The van der Waals surface area contributed by atoms with E-state index in [0.717, 1.165) is 35.8 Å². The van der Waals surface area contributed by atoms with Gasteiger partial charge in [-0.1, -0.05) is 65.0 Å². The third-order valence-corrected chi connectivity index (χ3v) is 9.66. The number of nitrogens with zero attached hydrogens (tertiary/aromatic N) is 1. The highest BCUT2D eigenvalue weighted by Gasteiger charge is 2.51. The van der Waals surface area contributed by atoms with Crippen molar-refractivity contribution in [2.75, 3.05) is 6.54 Å². The summed E-state index contributed by atoms with van der Waals surface area (Å²) in [6, 6.07) is 1.76. The first kappa shape index (κ1) is 20.0. The summed E-state index contributed by atoms with van der Waals surface area (Å²) in [6.45, 7) is 13.9. The zero-order chi connectivity index (χ0) is 19.2. The maximum absolute atomic E-state index is 2.95. The van der Waals surface area contributed by atoms with Crippen molar-refractivity contribution >= 4 is 0 Å². The summed E-state index contributed by atoms with van der Waals surface area (Å²) in [5, 5.41) is 0. The molecule has 0 bridgehead atoms. The van der Waals surface area contributed by atoms with Crippen molar-refractivity contribution in [1.82, 2.24) is 4.90 Å². The number of allylic oxidation sites excluding steroid dienone is 1. The Balaban J connectivity index is 1.49. The lowest BCUT2D eigenvalue weighted by Gasteiger charge is -2.52. The number of hydrogen-bond acceptors (Lipinski definition) is 1. The molecule has 0 amide bonds. The van der Waals surface area contributed by atoms with E-state index in [2.05, 4.69) is 39.5 Å². The summed E-state index contributed by atoms with van der Waals surface area (Å²) in [4.78, 5) is 2.95. The predicted molar refractivity (Wildman–Crippen MR) is 117 cm³/mol. The Bertz CT molecular complexity index is 561. The number of hydrogen-bond donors (Lipinski definition) is 0. The van der Waals surface area contributed by atoms with Gasteiger partial charge in [0.05, 0.1) is 0 Å². The summed E-state index contributed by atoms with van der Waals surface area (Å²) in [5.74, 6) is 3.56. The van der Waals surface area contributed by atoms with Crippen molar-refractivity contribution in [3.05, 3.63) is 11.1 Å². The van der Waals surface area contributed by atoms with Crippen LogP contribution in [0, 0.1) is 29.1 Å². The van der Waals surface area contributed by atoms with Crippen LogP contribution in [0.2, 0.25) is 0 Å². The quantitative estimate of drug-likeness (QED) is 0.461. The SMILES string of the molecule is CC(C)C(C)CC[C@@H](C)C1CCC2=C3CCC4CCCCN4C3CCC21C. The fourth-order valence-corrected chi connectivity index (χ4v) is 7.52. The predicted octanol–water partition coefficient (Wildman–Crippen LogP) is 7.22. The Labute approximate surface area is 169 Å². The molecular formula is C26H45N. The van der Waals surface area contributed by atoms with Crippen LogP contribution in [0.4, 0.5) is 0 Å². The molecule has 5 unspecified atom stereocenters. The molecule has 2 saturated heterocycles. The maximum Gasteiger partial charge on any atom is 0.0313 e. The second-order valence-corrected chi connectivity index (χ2v) is 11.3. The van der Waals surface area contributed by atoms with Crippen LogP contribution in [0.1, 0.15) is 105 Å². The van der Waals surface area contributed by atoms with Gasteiger partial charge in [0, 0.05) is 12.1 Å². The molecule has 0 aromatic carbocycles. The zero-order valence-corrected chi connectivity index (χ0v) is 18.9. The molecule has 0 radical (unpaired) electrons. The van der Waals surface area contributed by atoms with Crippen molar-refractivity contribution in [2.24, 2.45) is 29.1 Å². The first-order valence-electron chi connectivity index (χ1n) is 12.4. The van der Waals surface area contributed by atoms with Gasteiger partial charge >= 0.3 is 0 Å². The lowest BCUT2D eigenvalue weighted by molar-refractivity contribution is 0.0530. The van der Waals surface area contributed by atoms with Crippen LogP contribution in [-0.4, -0.2) is 23.5 Å². The molecule has 0 N–H and O–H groups in total. The summed E-state index contributed by atoms with van der Waals surface area (Å²) < 4.78 is 0. The molecule has 1 saturated carbocycles. The van der Waals surface area contributed by atoms with E-state index in [4.69, 9.17) is 0 Å². The molecule has 1 heteroatoms. The normalized spacial score (nSPS) is 39.1. The van der Waals surface area contributed by atoms with Gasteiger partial charge < -0.3 is 0 Å². The van der Waals surface area contributed by atoms with Crippen LogP contribution in [0.15, 0.2) is 11.1 Å². The molecular weight excluding hydrogens is 326 g/mol. The third kappa shape index (κ3) is 3.56. The maximum atomic E-state index is 2.95. The topological polar surface area (TPSA) is 3.24 Å². The van der Waals surface area contributed by atoms with Gasteiger partial charge in [-0.2, -0.15) is 0 Å². The molecule has 4 rings (SSSR count). The Morgan fingerprint density at radius 2 is 1.78 bits per heavy atom. The van der Waals surface area contributed by atoms with Gasteiger partial charge in [-0.25, -0.2) is 0 Å². The van der Waals surface area contributed by atoms with Gasteiger partial charge in [-0.05, 0) is 87.0 Å². The van der Waals surface area contributed by atoms with Gasteiger partial charge in [0.25, 0.3) is 0 Å². The highest BCUT2D eigenvalue weighted by molar-refractivity contribution is 5.35. The molecule has 154 valence electrons. The minimum atomic E-state index is 0.537. The minimum absolute atomic E-state index is 0.537. The van der Waals surface area contributed by atoms with Gasteiger partial charge in [-0.3, -0.25) is 4.90 Å². The van der Waals surface area contributed by atoms with Crippen LogP contribution in [0.5, 0.6) is 0 Å².